The van der Waals surface area contributed by atoms with Gasteiger partial charge >= 0.3 is 11.7 Å². The summed E-state index contributed by atoms with van der Waals surface area (Å²) >= 11 is 0. The normalized spacial score (nSPS) is 14.9. The topological polar surface area (TPSA) is 139 Å². The number of cyclic esters (lactones) is 1. The standard InChI is InChI=1S/C20H18N4O6/c1-28-12-6-5-11-13(16(12)29-2)19(26)30-15(11)14-17(21)24(20(27)23-18(14)25)9-10-4-3-7-22-8-10/h3-8,15H,9,21H2,1-2H3,(H,23,25,27)/t15-/m0/s1. The van der Waals surface area contributed by atoms with E-state index in [0.717, 1.165) is 0 Å². The van der Waals surface area contributed by atoms with Gasteiger partial charge < -0.3 is 19.9 Å². The van der Waals surface area contributed by atoms with E-state index < -0.39 is 23.3 Å². The number of nitrogen functional groups attached to an aromatic ring is 1. The van der Waals surface area contributed by atoms with Gasteiger partial charge in [-0.25, -0.2) is 9.59 Å². The van der Waals surface area contributed by atoms with Crippen LogP contribution in [-0.4, -0.2) is 34.7 Å². The van der Waals surface area contributed by atoms with Gasteiger partial charge in [0.25, 0.3) is 5.56 Å². The molecule has 1 aliphatic heterocycles. The average molecular weight is 410 g/mol. The first-order valence-electron chi connectivity index (χ1n) is 8.93. The molecule has 0 radical (unpaired) electrons. The summed E-state index contributed by atoms with van der Waals surface area (Å²) in [7, 11) is 2.84. The number of aromatic amines is 1. The summed E-state index contributed by atoms with van der Waals surface area (Å²) in [6, 6.07) is 6.69. The fourth-order valence-corrected chi connectivity index (χ4v) is 3.50. The van der Waals surface area contributed by atoms with E-state index >= 15 is 0 Å². The Morgan fingerprint density at radius 2 is 2.00 bits per heavy atom. The maximum atomic E-state index is 12.6. The number of hydrogen-bond acceptors (Lipinski definition) is 8. The summed E-state index contributed by atoms with van der Waals surface area (Å²) < 4.78 is 17.2. The molecule has 0 spiro atoms. The van der Waals surface area contributed by atoms with E-state index in [1.54, 1.807) is 36.7 Å². The van der Waals surface area contributed by atoms with E-state index in [1.165, 1.54) is 18.8 Å². The molecule has 1 aliphatic rings. The number of fused-ring (bicyclic) bond motifs is 1. The van der Waals surface area contributed by atoms with Crippen molar-refractivity contribution in [2.75, 3.05) is 20.0 Å². The second kappa shape index (κ2) is 7.39. The predicted octanol–water partition coefficient (Wildman–Crippen LogP) is 0.839. The highest BCUT2D eigenvalue weighted by Gasteiger charge is 2.39. The maximum absolute atomic E-state index is 12.6. The Bertz CT molecular complexity index is 1250. The first-order valence-corrected chi connectivity index (χ1v) is 8.93. The van der Waals surface area contributed by atoms with E-state index in [0.29, 0.717) is 16.9 Å². The van der Waals surface area contributed by atoms with E-state index in [-0.39, 0.29) is 29.2 Å². The molecule has 3 N–H and O–H groups in total. The van der Waals surface area contributed by atoms with E-state index in [4.69, 9.17) is 19.9 Å². The number of ether oxygens (including phenoxy) is 3. The zero-order chi connectivity index (χ0) is 21.4. The Kier molecular flexibility index (Phi) is 4.74. The molecule has 3 heterocycles. The van der Waals surface area contributed by atoms with Crippen molar-refractivity contribution in [2.24, 2.45) is 0 Å². The van der Waals surface area contributed by atoms with Crippen LogP contribution in [0.4, 0.5) is 5.82 Å². The number of esters is 1. The van der Waals surface area contributed by atoms with E-state index in [2.05, 4.69) is 9.97 Å². The molecule has 0 saturated heterocycles. The zero-order valence-electron chi connectivity index (χ0n) is 16.2. The molecule has 3 aromatic rings. The Labute approximate surface area is 169 Å². The fourth-order valence-electron chi connectivity index (χ4n) is 3.50. The van der Waals surface area contributed by atoms with Gasteiger partial charge in [-0.2, -0.15) is 0 Å². The molecule has 0 saturated carbocycles. The van der Waals surface area contributed by atoms with Crippen molar-refractivity contribution < 1.29 is 19.0 Å². The Morgan fingerprint density at radius 1 is 1.20 bits per heavy atom. The van der Waals surface area contributed by atoms with E-state index in [9.17, 15) is 14.4 Å². The molecular weight excluding hydrogens is 392 g/mol. The molecule has 1 aromatic carbocycles. The zero-order valence-corrected chi connectivity index (χ0v) is 16.2. The third-order valence-corrected chi connectivity index (χ3v) is 4.89. The first kappa shape index (κ1) is 19.2. The summed E-state index contributed by atoms with van der Waals surface area (Å²) in [5.74, 6) is -0.249. The van der Waals surface area contributed by atoms with Gasteiger partial charge in [-0.3, -0.25) is 19.3 Å². The molecule has 0 aliphatic carbocycles. The average Bonchev–Trinajstić information content (AvgIpc) is 3.07. The Morgan fingerprint density at radius 3 is 2.67 bits per heavy atom. The van der Waals surface area contributed by atoms with Crippen LogP contribution < -0.4 is 26.5 Å². The van der Waals surface area contributed by atoms with Crippen molar-refractivity contribution in [3.63, 3.8) is 0 Å². The van der Waals surface area contributed by atoms with Gasteiger partial charge in [-0.15, -0.1) is 0 Å². The van der Waals surface area contributed by atoms with Gasteiger partial charge in [0.2, 0.25) is 0 Å². The molecule has 0 bridgehead atoms. The summed E-state index contributed by atoms with van der Waals surface area (Å²) in [6.07, 6.45) is 2.08. The van der Waals surface area contributed by atoms with Gasteiger partial charge in [0.15, 0.2) is 17.6 Å². The van der Waals surface area contributed by atoms with Crippen LogP contribution in [0.15, 0.2) is 46.2 Å². The smallest absolute Gasteiger partial charge is 0.343 e. The fraction of sp³-hybridized carbons (Fsp3) is 0.200. The summed E-state index contributed by atoms with van der Waals surface area (Å²) in [4.78, 5) is 43.9. The van der Waals surface area contributed by atoms with Crippen LogP contribution in [0.2, 0.25) is 0 Å². The highest BCUT2D eigenvalue weighted by molar-refractivity contribution is 5.98. The number of pyridine rings is 1. The van der Waals surface area contributed by atoms with Crippen LogP contribution >= 0.6 is 0 Å². The summed E-state index contributed by atoms with van der Waals surface area (Å²) in [5.41, 5.74) is 6.00. The van der Waals surface area contributed by atoms with Gasteiger partial charge in [0, 0.05) is 18.0 Å². The molecule has 0 fully saturated rings. The molecule has 30 heavy (non-hydrogen) atoms. The number of rotatable bonds is 5. The summed E-state index contributed by atoms with van der Waals surface area (Å²) in [5, 5.41) is 0. The Hall–Kier alpha value is -4.08. The van der Waals surface area contributed by atoms with Gasteiger partial charge in [-0.05, 0) is 17.7 Å². The minimum absolute atomic E-state index is 0.0437. The van der Waals surface area contributed by atoms with Crippen molar-refractivity contribution in [2.45, 2.75) is 12.6 Å². The minimum Gasteiger partial charge on any atom is -0.493 e. The molecule has 10 heteroatoms. The molecule has 2 aromatic heterocycles. The van der Waals surface area contributed by atoms with Gasteiger partial charge in [-0.1, -0.05) is 12.1 Å². The third kappa shape index (κ3) is 2.98. The molecule has 154 valence electrons. The van der Waals surface area contributed by atoms with Crippen LogP contribution in [0.1, 0.15) is 33.2 Å². The number of aromatic nitrogens is 3. The summed E-state index contributed by atoms with van der Waals surface area (Å²) in [6.45, 7) is 0.0851. The number of carbonyl (C=O) groups is 1. The SMILES string of the molecule is COc1ccc2c(c1OC)C(=O)O[C@@H]2c1c(N)n(Cc2cccnc2)c(=O)[nH]c1=O. The van der Waals surface area contributed by atoms with Crippen molar-refractivity contribution in [3.8, 4) is 11.5 Å². The third-order valence-electron chi connectivity index (χ3n) is 4.89. The molecule has 4 rings (SSSR count). The monoisotopic (exact) mass is 410 g/mol. The van der Waals surface area contributed by atoms with E-state index in [1.807, 2.05) is 0 Å². The van der Waals surface area contributed by atoms with Crippen LogP contribution in [0, 0.1) is 0 Å². The van der Waals surface area contributed by atoms with Crippen LogP contribution in [-0.2, 0) is 11.3 Å². The number of benzene rings is 1. The molecule has 0 amide bonds. The number of nitrogens with one attached hydrogen (secondary N) is 1. The lowest BCUT2D eigenvalue weighted by atomic mass is 9.99. The van der Waals surface area contributed by atoms with Crippen LogP contribution in [0.5, 0.6) is 11.5 Å². The number of nitrogens with two attached hydrogens (primary N) is 1. The quantitative estimate of drug-likeness (QED) is 0.590. The lowest BCUT2D eigenvalue weighted by molar-refractivity contribution is 0.0452. The number of methoxy groups -OCH3 is 2. The first-order chi connectivity index (χ1) is 14.5. The minimum atomic E-state index is -1.10. The van der Waals surface area contributed by atoms with Crippen molar-refractivity contribution in [1.82, 2.24) is 14.5 Å². The second-order valence-electron chi connectivity index (χ2n) is 6.56. The van der Waals surface area contributed by atoms with Crippen molar-refractivity contribution in [3.05, 3.63) is 79.8 Å². The number of nitrogens with zero attached hydrogens (tertiary/aromatic N) is 2. The Balaban J connectivity index is 1.87. The number of H-pyrrole nitrogens is 1. The van der Waals surface area contributed by atoms with Crippen LogP contribution in [0.25, 0.3) is 0 Å². The number of anilines is 1. The highest BCUT2D eigenvalue weighted by Crippen LogP contribution is 2.44. The molecular formula is C20H18N4O6. The highest BCUT2D eigenvalue weighted by atomic mass is 16.6. The van der Waals surface area contributed by atoms with Gasteiger partial charge in [0.1, 0.15) is 16.9 Å². The van der Waals surface area contributed by atoms with Crippen molar-refractivity contribution >= 4 is 11.8 Å². The lowest BCUT2D eigenvalue weighted by Crippen LogP contribution is -2.36. The molecule has 10 nitrogen and oxygen atoms in total. The maximum Gasteiger partial charge on any atom is 0.343 e. The molecule has 0 unspecified atom stereocenters. The largest absolute Gasteiger partial charge is 0.493 e. The molecule has 1 atom stereocenters. The van der Waals surface area contributed by atoms with Crippen LogP contribution in [0.3, 0.4) is 0 Å². The predicted molar refractivity (Wildman–Crippen MR) is 106 cm³/mol. The lowest BCUT2D eigenvalue weighted by Gasteiger charge is -2.17. The second-order valence-corrected chi connectivity index (χ2v) is 6.56. The number of carbonyl (C=O) groups excluding carboxylic acids is 1. The van der Waals surface area contributed by atoms with Gasteiger partial charge in [0.05, 0.1) is 20.8 Å². The number of hydrogen-bond donors (Lipinski definition) is 2. The van der Waals surface area contributed by atoms with Crippen molar-refractivity contribution in [1.29, 1.82) is 0 Å².